The molecule has 0 bridgehead atoms. The van der Waals surface area contributed by atoms with Crippen molar-refractivity contribution >= 4 is 22.2 Å². The van der Waals surface area contributed by atoms with Gasteiger partial charge in [0.05, 0.1) is 0 Å². The topological polar surface area (TPSA) is 72.7 Å². The molecule has 0 aromatic carbocycles. The summed E-state index contributed by atoms with van der Waals surface area (Å²) in [5.41, 5.74) is -0.277. The lowest BCUT2D eigenvalue weighted by Crippen LogP contribution is -2.32. The number of carbonyl (C=O) groups is 1. The van der Waals surface area contributed by atoms with Gasteiger partial charge in [0, 0.05) is 37.5 Å². The van der Waals surface area contributed by atoms with E-state index in [1.165, 1.54) is 21.9 Å². The van der Waals surface area contributed by atoms with E-state index in [1.807, 2.05) is 6.92 Å². The zero-order valence-electron chi connectivity index (χ0n) is 10.6. The lowest BCUT2D eigenvalue weighted by molar-refractivity contribution is 0.0942. The molecule has 0 saturated carbocycles. The van der Waals surface area contributed by atoms with Crippen LogP contribution in [0.15, 0.2) is 22.6 Å². The fourth-order valence-corrected chi connectivity index (χ4v) is 2.27. The molecule has 0 aliphatic carbocycles. The average Bonchev–Trinajstić information content (AvgIpc) is 2.88. The maximum Gasteiger partial charge on any atom is 0.271 e. The van der Waals surface area contributed by atoms with Crippen LogP contribution in [0.3, 0.4) is 0 Å². The van der Waals surface area contributed by atoms with Gasteiger partial charge in [-0.15, -0.1) is 11.3 Å². The largest absolute Gasteiger partial charge is 0.382 e. The Balaban J connectivity index is 2.01. The van der Waals surface area contributed by atoms with Crippen molar-refractivity contribution in [3.63, 3.8) is 0 Å². The summed E-state index contributed by atoms with van der Waals surface area (Å²) in [6.07, 6.45) is 3.66. The highest BCUT2D eigenvalue weighted by Gasteiger charge is 2.12. The van der Waals surface area contributed by atoms with E-state index in [0.29, 0.717) is 24.7 Å². The first-order valence-corrected chi connectivity index (χ1v) is 6.92. The van der Waals surface area contributed by atoms with E-state index in [-0.39, 0.29) is 11.1 Å². The fraction of sp³-hybridized carbons (Fsp3) is 0.417. The molecule has 7 heteroatoms. The number of rotatable bonds is 6. The first kappa shape index (κ1) is 13.7. The summed E-state index contributed by atoms with van der Waals surface area (Å²) in [4.78, 5) is 28.5. The number of thiazole rings is 1. The van der Waals surface area contributed by atoms with Crippen molar-refractivity contribution in [3.8, 4) is 0 Å². The summed E-state index contributed by atoms with van der Waals surface area (Å²) in [5.74, 6) is -0.394. The van der Waals surface area contributed by atoms with E-state index in [9.17, 15) is 9.59 Å². The third-order valence-electron chi connectivity index (χ3n) is 2.54. The molecule has 6 nitrogen and oxygen atoms in total. The Kier molecular flexibility index (Phi) is 4.64. The third kappa shape index (κ3) is 3.18. The second-order valence-corrected chi connectivity index (χ2v) is 4.71. The Morgan fingerprint density at radius 3 is 3.21 bits per heavy atom. The second-order valence-electron chi connectivity index (χ2n) is 3.84. The first-order chi connectivity index (χ1) is 9.24. The van der Waals surface area contributed by atoms with E-state index in [0.717, 1.165) is 6.42 Å². The van der Waals surface area contributed by atoms with Gasteiger partial charge >= 0.3 is 0 Å². The number of aromatic nitrogens is 2. The van der Waals surface area contributed by atoms with Crippen LogP contribution in [0.25, 0.3) is 4.96 Å². The van der Waals surface area contributed by atoms with E-state index in [4.69, 9.17) is 4.74 Å². The number of amides is 1. The first-order valence-electron chi connectivity index (χ1n) is 6.05. The van der Waals surface area contributed by atoms with Crippen molar-refractivity contribution < 1.29 is 9.53 Å². The van der Waals surface area contributed by atoms with Gasteiger partial charge in [-0.1, -0.05) is 0 Å². The Morgan fingerprint density at radius 2 is 2.42 bits per heavy atom. The van der Waals surface area contributed by atoms with Gasteiger partial charge in [0.25, 0.3) is 11.5 Å². The predicted molar refractivity (Wildman–Crippen MR) is 72.8 cm³/mol. The third-order valence-corrected chi connectivity index (χ3v) is 3.31. The van der Waals surface area contributed by atoms with Crippen LogP contribution in [0.2, 0.25) is 0 Å². The number of nitrogens with one attached hydrogen (secondary N) is 1. The van der Waals surface area contributed by atoms with Crippen molar-refractivity contribution in [3.05, 3.63) is 33.7 Å². The van der Waals surface area contributed by atoms with Gasteiger partial charge in [0.15, 0.2) is 4.96 Å². The number of carbonyl (C=O) groups excluding carboxylic acids is 1. The molecule has 19 heavy (non-hydrogen) atoms. The Labute approximate surface area is 114 Å². The highest BCUT2D eigenvalue weighted by Crippen LogP contribution is 2.05. The van der Waals surface area contributed by atoms with Crippen LogP contribution in [0.5, 0.6) is 0 Å². The van der Waals surface area contributed by atoms with Crippen molar-refractivity contribution in [2.24, 2.45) is 0 Å². The molecule has 0 fully saturated rings. The zero-order valence-corrected chi connectivity index (χ0v) is 11.4. The smallest absolute Gasteiger partial charge is 0.271 e. The predicted octanol–water partition coefficient (Wildman–Crippen LogP) is 0.912. The zero-order chi connectivity index (χ0) is 13.7. The molecule has 1 N–H and O–H groups in total. The summed E-state index contributed by atoms with van der Waals surface area (Å²) in [7, 11) is 0. The van der Waals surface area contributed by atoms with E-state index >= 15 is 0 Å². The molecule has 0 aliphatic heterocycles. The molecule has 102 valence electrons. The molecule has 0 aliphatic rings. The van der Waals surface area contributed by atoms with E-state index in [2.05, 4.69) is 10.3 Å². The number of fused-ring (bicyclic) bond motifs is 1. The van der Waals surface area contributed by atoms with E-state index in [1.54, 1.807) is 11.6 Å². The maximum absolute atomic E-state index is 12.0. The molecule has 0 saturated heterocycles. The number of hydrogen-bond acceptors (Lipinski definition) is 5. The minimum atomic E-state index is -0.394. The van der Waals surface area contributed by atoms with Crippen molar-refractivity contribution in [2.45, 2.75) is 13.3 Å². The number of hydrogen-bond donors (Lipinski definition) is 1. The van der Waals surface area contributed by atoms with Gasteiger partial charge in [0.1, 0.15) is 5.56 Å². The Bertz CT molecular complexity index is 620. The quantitative estimate of drug-likeness (QED) is 0.799. The van der Waals surface area contributed by atoms with Gasteiger partial charge in [-0.3, -0.25) is 14.0 Å². The molecule has 0 radical (unpaired) electrons. The van der Waals surface area contributed by atoms with E-state index < -0.39 is 5.91 Å². The highest BCUT2D eigenvalue weighted by molar-refractivity contribution is 7.15. The SMILES string of the molecule is CCOCCCNC(=O)c1cnc2sccn2c1=O. The van der Waals surface area contributed by atoms with Gasteiger partial charge in [-0.2, -0.15) is 0 Å². The summed E-state index contributed by atoms with van der Waals surface area (Å²) < 4.78 is 6.54. The second kappa shape index (κ2) is 6.44. The Morgan fingerprint density at radius 1 is 1.58 bits per heavy atom. The fourth-order valence-electron chi connectivity index (χ4n) is 1.60. The number of nitrogens with zero attached hydrogens (tertiary/aromatic N) is 2. The van der Waals surface area contributed by atoms with Crippen molar-refractivity contribution in [2.75, 3.05) is 19.8 Å². The van der Waals surface area contributed by atoms with Crippen LogP contribution >= 0.6 is 11.3 Å². The van der Waals surface area contributed by atoms with Gasteiger partial charge in [0.2, 0.25) is 0 Å². The van der Waals surface area contributed by atoms with Crippen molar-refractivity contribution in [1.29, 1.82) is 0 Å². The average molecular weight is 281 g/mol. The Hall–Kier alpha value is -1.73. The van der Waals surface area contributed by atoms with Gasteiger partial charge in [-0.05, 0) is 13.3 Å². The molecule has 2 heterocycles. The van der Waals surface area contributed by atoms with Crippen LogP contribution in [-0.4, -0.2) is 35.1 Å². The van der Waals surface area contributed by atoms with Gasteiger partial charge < -0.3 is 10.1 Å². The molecule has 0 unspecified atom stereocenters. The standard InChI is InChI=1S/C12H15N3O3S/c1-2-18-6-3-4-13-10(16)9-8-14-12-15(11(9)17)5-7-19-12/h5,7-8H,2-4,6H2,1H3,(H,13,16). The molecule has 1 amide bonds. The molecular formula is C12H15N3O3S. The molecular weight excluding hydrogens is 266 g/mol. The lowest BCUT2D eigenvalue weighted by Gasteiger charge is -2.04. The molecule has 0 spiro atoms. The molecule has 2 aromatic rings. The maximum atomic E-state index is 12.0. The summed E-state index contributed by atoms with van der Waals surface area (Å²) >= 11 is 1.35. The van der Waals surface area contributed by atoms with Crippen LogP contribution in [0.4, 0.5) is 0 Å². The molecule has 2 aromatic heterocycles. The minimum absolute atomic E-state index is 0.0623. The van der Waals surface area contributed by atoms with Crippen LogP contribution < -0.4 is 10.9 Å². The van der Waals surface area contributed by atoms with Crippen LogP contribution in [0, 0.1) is 0 Å². The van der Waals surface area contributed by atoms with Gasteiger partial charge in [-0.25, -0.2) is 4.98 Å². The highest BCUT2D eigenvalue weighted by atomic mass is 32.1. The normalized spacial score (nSPS) is 10.8. The summed E-state index contributed by atoms with van der Waals surface area (Å²) in [6, 6.07) is 0. The molecule has 2 rings (SSSR count). The van der Waals surface area contributed by atoms with Crippen LogP contribution in [0.1, 0.15) is 23.7 Å². The minimum Gasteiger partial charge on any atom is -0.382 e. The van der Waals surface area contributed by atoms with Crippen molar-refractivity contribution in [1.82, 2.24) is 14.7 Å². The summed E-state index contributed by atoms with van der Waals surface area (Å²) in [6.45, 7) is 3.65. The molecule has 0 atom stereocenters. The lowest BCUT2D eigenvalue weighted by atomic mass is 10.3. The monoisotopic (exact) mass is 281 g/mol. The summed E-state index contributed by atoms with van der Waals surface area (Å²) in [5, 5.41) is 4.44. The number of ether oxygens (including phenoxy) is 1. The van der Waals surface area contributed by atoms with Crippen LogP contribution in [-0.2, 0) is 4.74 Å².